The van der Waals surface area contributed by atoms with Crippen molar-refractivity contribution in [1.82, 2.24) is 0 Å². The monoisotopic (exact) mass is 766 g/mol. The predicted octanol–water partition coefficient (Wildman–Crippen LogP) is 9.61. The van der Waals surface area contributed by atoms with E-state index in [1.807, 2.05) is 21.1 Å². The van der Waals surface area contributed by atoms with E-state index in [9.17, 15) is 14.3 Å². The molecule has 0 radical (unpaired) electrons. The van der Waals surface area contributed by atoms with Gasteiger partial charge in [-0.2, -0.15) is 0 Å². The maximum absolute atomic E-state index is 12.3. The number of quaternary nitrogens is 1. The van der Waals surface area contributed by atoms with Gasteiger partial charge in [-0.3, -0.25) is 9.36 Å². The lowest BCUT2D eigenvalue weighted by molar-refractivity contribution is -0.870. The molecule has 0 aliphatic heterocycles. The minimum atomic E-state index is -4.47. The second-order valence-corrected chi connectivity index (χ2v) is 16.4. The third-order valence-electron chi connectivity index (χ3n) is 8.81. The molecule has 0 rings (SSSR count). The van der Waals surface area contributed by atoms with Crippen molar-refractivity contribution in [2.24, 2.45) is 0 Å². The number of ether oxygens (including phenoxy) is 5. The fraction of sp³-hybridized carbons (Fsp3) is 0.925. The van der Waals surface area contributed by atoms with Crippen LogP contribution < -0.4 is 4.89 Å². The Morgan fingerprint density at radius 1 is 0.635 bits per heavy atom. The average molecular weight is 766 g/mol. The van der Waals surface area contributed by atoms with Crippen molar-refractivity contribution >= 4 is 13.8 Å². The second kappa shape index (κ2) is 37.1. The third-order valence-corrected chi connectivity index (χ3v) is 9.78. The van der Waals surface area contributed by atoms with Crippen molar-refractivity contribution in [3.8, 4) is 0 Å². The first-order valence-electron chi connectivity index (χ1n) is 20.7. The maximum Gasteiger partial charge on any atom is 0.310 e. The summed E-state index contributed by atoms with van der Waals surface area (Å²) in [6.07, 6.45) is 29.1. The van der Waals surface area contributed by atoms with E-state index < -0.39 is 13.9 Å². The van der Waals surface area contributed by atoms with Gasteiger partial charge in [-0.1, -0.05) is 142 Å². The van der Waals surface area contributed by atoms with E-state index in [-0.39, 0.29) is 39.4 Å². The zero-order valence-corrected chi connectivity index (χ0v) is 34.9. The highest BCUT2D eigenvalue weighted by Crippen LogP contribution is 2.38. The maximum atomic E-state index is 12.3. The highest BCUT2D eigenvalue weighted by atomic mass is 31.2. The van der Waals surface area contributed by atoms with Gasteiger partial charge in [0.1, 0.15) is 32.8 Å². The van der Waals surface area contributed by atoms with E-state index >= 15 is 0 Å². The van der Waals surface area contributed by atoms with E-state index in [4.69, 9.17) is 32.7 Å². The molecule has 0 aliphatic rings. The summed E-state index contributed by atoms with van der Waals surface area (Å²) in [7, 11) is 1.41. The van der Waals surface area contributed by atoms with Gasteiger partial charge < -0.3 is 42.1 Å². The summed E-state index contributed by atoms with van der Waals surface area (Å²) in [5.41, 5.74) is 0. The Labute approximate surface area is 319 Å². The molecule has 0 amide bonds. The molecule has 0 saturated carbocycles. The smallest absolute Gasteiger partial charge is 0.310 e. The van der Waals surface area contributed by atoms with Gasteiger partial charge in [-0.15, -0.1) is 0 Å². The van der Waals surface area contributed by atoms with Crippen molar-refractivity contribution in [3.63, 3.8) is 0 Å². The normalized spacial score (nSPS) is 13.6. The molecular weight excluding hydrogens is 685 g/mol. The van der Waals surface area contributed by atoms with Crippen molar-refractivity contribution in [2.75, 3.05) is 74.3 Å². The summed E-state index contributed by atoms with van der Waals surface area (Å²) in [5, 5.41) is 0. The summed E-state index contributed by atoms with van der Waals surface area (Å²) in [6.45, 7) is 7.45. The van der Waals surface area contributed by atoms with Gasteiger partial charge >= 0.3 is 5.97 Å². The van der Waals surface area contributed by atoms with Crippen LogP contribution in [0.3, 0.4) is 0 Å². The first-order valence-corrected chi connectivity index (χ1v) is 22.1. The second-order valence-electron chi connectivity index (χ2n) is 15.0. The molecule has 0 aromatic rings. The first-order chi connectivity index (χ1) is 25.1. The lowest BCUT2D eigenvalue weighted by Gasteiger charge is -2.28. The highest BCUT2D eigenvalue weighted by molar-refractivity contribution is 7.45. The SMILES string of the molecule is C=COC(=O)CCCCCCCCCCCCOCOCC(COP(=O)([O-])OCC[N+](C)(C)C)OCOCCCCCCCCCCCCCCC. The number of carbonyl (C=O) groups excluding carboxylic acids is 1. The molecule has 11 nitrogen and oxygen atoms in total. The number of rotatable bonds is 42. The van der Waals surface area contributed by atoms with Crippen LogP contribution in [0.4, 0.5) is 0 Å². The number of likely N-dealkylation sites (N-methyl/N-ethyl adjacent to an activating group) is 1. The van der Waals surface area contributed by atoms with Crippen LogP contribution in [0.15, 0.2) is 12.8 Å². The van der Waals surface area contributed by atoms with Gasteiger partial charge in [-0.25, -0.2) is 0 Å². The van der Waals surface area contributed by atoms with E-state index in [0.29, 0.717) is 30.7 Å². The van der Waals surface area contributed by atoms with Crippen LogP contribution in [-0.4, -0.2) is 90.9 Å². The van der Waals surface area contributed by atoms with Crippen LogP contribution >= 0.6 is 7.82 Å². The van der Waals surface area contributed by atoms with Crippen molar-refractivity contribution < 1.29 is 51.5 Å². The standard InChI is InChI=1S/C40H80NO10P/c1-6-8-9-10-11-12-13-14-16-19-23-26-29-33-46-38-49-39(36-51-52(43,44)50-34-31-41(3,4)5)35-47-37-45-32-28-25-22-20-17-15-18-21-24-27-30-40(42)48-7-2/h7,39H,2,6,8-38H2,1,3-5H3. The van der Waals surface area contributed by atoms with Gasteiger partial charge in [0.15, 0.2) is 0 Å². The van der Waals surface area contributed by atoms with Gasteiger partial charge in [0.05, 0.1) is 40.6 Å². The Balaban J connectivity index is 4.06. The number of carbonyl (C=O) groups is 1. The zero-order chi connectivity index (χ0) is 38.4. The summed E-state index contributed by atoms with van der Waals surface area (Å²) in [6, 6.07) is 0. The first kappa shape index (κ1) is 51.1. The average Bonchev–Trinajstić information content (AvgIpc) is 3.09. The Bertz CT molecular complexity index is 842. The molecule has 310 valence electrons. The quantitative estimate of drug-likeness (QED) is 0.0148. The molecular formula is C40H80NO10P. The summed E-state index contributed by atoms with van der Waals surface area (Å²) in [4.78, 5) is 23.6. The van der Waals surface area contributed by atoms with Crippen LogP contribution in [0, 0.1) is 0 Å². The number of hydrogen-bond donors (Lipinski definition) is 0. The molecule has 0 N–H and O–H groups in total. The number of phosphoric ester groups is 1. The van der Waals surface area contributed by atoms with E-state index in [0.717, 1.165) is 44.9 Å². The summed E-state index contributed by atoms with van der Waals surface area (Å²) < 4.78 is 50.5. The Kier molecular flexibility index (Phi) is 36.4. The molecule has 0 aliphatic carbocycles. The molecule has 0 fully saturated rings. The Hall–Kier alpha value is -0.880. The Morgan fingerprint density at radius 2 is 1.10 bits per heavy atom. The molecule has 52 heavy (non-hydrogen) atoms. The molecule has 0 heterocycles. The van der Waals surface area contributed by atoms with Crippen LogP contribution in [-0.2, 0) is 42.1 Å². The van der Waals surface area contributed by atoms with Crippen LogP contribution in [0.5, 0.6) is 0 Å². The summed E-state index contributed by atoms with van der Waals surface area (Å²) in [5.74, 6) is -0.199. The number of phosphoric acid groups is 1. The molecule has 12 heteroatoms. The lowest BCUT2D eigenvalue weighted by atomic mass is 10.0. The predicted molar refractivity (Wildman–Crippen MR) is 208 cm³/mol. The molecule has 0 saturated heterocycles. The molecule has 2 unspecified atom stereocenters. The summed E-state index contributed by atoms with van der Waals surface area (Å²) >= 11 is 0. The molecule has 0 aromatic heterocycles. The van der Waals surface area contributed by atoms with Gasteiger partial charge in [-0.05, 0) is 19.3 Å². The fourth-order valence-electron chi connectivity index (χ4n) is 5.54. The van der Waals surface area contributed by atoms with E-state index in [1.165, 1.54) is 109 Å². The van der Waals surface area contributed by atoms with Gasteiger partial charge in [0.25, 0.3) is 7.82 Å². The lowest BCUT2D eigenvalue weighted by Crippen LogP contribution is -2.37. The molecule has 2 atom stereocenters. The molecule has 0 bridgehead atoms. The van der Waals surface area contributed by atoms with E-state index in [1.54, 1.807) is 0 Å². The third kappa shape index (κ3) is 40.3. The van der Waals surface area contributed by atoms with Gasteiger partial charge in [0, 0.05) is 19.6 Å². The highest BCUT2D eigenvalue weighted by Gasteiger charge is 2.18. The van der Waals surface area contributed by atoms with Gasteiger partial charge in [0.2, 0.25) is 0 Å². The molecule has 0 aromatic carbocycles. The minimum absolute atomic E-state index is 0.0363. The number of hydrogen-bond acceptors (Lipinski definition) is 10. The van der Waals surface area contributed by atoms with Crippen LogP contribution in [0.25, 0.3) is 0 Å². The van der Waals surface area contributed by atoms with E-state index in [2.05, 4.69) is 13.5 Å². The number of esters is 1. The minimum Gasteiger partial charge on any atom is -0.756 e. The van der Waals surface area contributed by atoms with Crippen LogP contribution in [0.2, 0.25) is 0 Å². The number of unbranched alkanes of at least 4 members (excludes halogenated alkanes) is 21. The van der Waals surface area contributed by atoms with Crippen molar-refractivity contribution in [3.05, 3.63) is 12.8 Å². The largest absolute Gasteiger partial charge is 0.756 e. The zero-order valence-electron chi connectivity index (χ0n) is 34.0. The fourth-order valence-corrected chi connectivity index (χ4v) is 6.27. The van der Waals surface area contributed by atoms with Crippen molar-refractivity contribution in [1.29, 1.82) is 0 Å². The molecule has 0 spiro atoms. The Morgan fingerprint density at radius 3 is 1.58 bits per heavy atom. The topological polar surface area (TPSA) is 122 Å². The van der Waals surface area contributed by atoms with Crippen molar-refractivity contribution in [2.45, 2.75) is 167 Å². The number of nitrogens with zero attached hydrogens (tertiary/aromatic N) is 1. The van der Waals surface area contributed by atoms with Crippen LogP contribution in [0.1, 0.15) is 161 Å².